The van der Waals surface area contributed by atoms with Gasteiger partial charge in [0.2, 0.25) is 0 Å². The lowest BCUT2D eigenvalue weighted by Gasteiger charge is -2.40. The van der Waals surface area contributed by atoms with Crippen molar-refractivity contribution in [1.82, 2.24) is 4.57 Å². The van der Waals surface area contributed by atoms with Crippen molar-refractivity contribution in [2.45, 2.75) is 24.7 Å². The lowest BCUT2D eigenvalue weighted by Crippen LogP contribution is -2.34. The Bertz CT molecular complexity index is 1650. The maximum atomic E-state index is 4.48. The van der Waals surface area contributed by atoms with Gasteiger partial charge >= 0.3 is 0 Å². The van der Waals surface area contributed by atoms with Crippen LogP contribution in [0.2, 0.25) is 0 Å². The molecular weight excluding hydrogens is 398 g/mol. The van der Waals surface area contributed by atoms with Gasteiger partial charge in [0.05, 0.1) is 16.6 Å². The van der Waals surface area contributed by atoms with E-state index in [0.717, 1.165) is 19.3 Å². The van der Waals surface area contributed by atoms with E-state index in [1.165, 1.54) is 66.8 Å². The molecule has 0 saturated heterocycles. The van der Waals surface area contributed by atoms with Crippen molar-refractivity contribution < 1.29 is 0 Å². The van der Waals surface area contributed by atoms with Crippen LogP contribution in [0.5, 0.6) is 0 Å². The second-order valence-corrected chi connectivity index (χ2v) is 9.50. The molecule has 4 aliphatic rings. The number of rotatable bonds is 0. The molecule has 1 aliphatic heterocycles. The van der Waals surface area contributed by atoms with Crippen LogP contribution >= 0.6 is 0 Å². The lowest BCUT2D eigenvalue weighted by atomic mass is 9.64. The van der Waals surface area contributed by atoms with Gasteiger partial charge in [0, 0.05) is 22.2 Å². The monoisotopic (exact) mass is 419 g/mol. The summed E-state index contributed by atoms with van der Waals surface area (Å²) in [5, 5.41) is 1.35. The first-order valence-corrected chi connectivity index (χ1v) is 11.8. The molecule has 154 valence electrons. The topological polar surface area (TPSA) is 4.93 Å². The van der Waals surface area contributed by atoms with E-state index in [4.69, 9.17) is 0 Å². The fraction of sp³-hybridized carbons (Fsp3) is 0.125. The van der Waals surface area contributed by atoms with Gasteiger partial charge in [-0.05, 0) is 70.9 Å². The Labute approximate surface area is 193 Å². The number of nitrogens with zero attached hydrogens (tertiary/aromatic N) is 1. The van der Waals surface area contributed by atoms with E-state index < -0.39 is 0 Å². The Kier molecular flexibility index (Phi) is 3.11. The van der Waals surface area contributed by atoms with Crippen LogP contribution < -0.4 is 0 Å². The number of fused-ring (bicyclic) bond motifs is 11. The van der Waals surface area contributed by atoms with Crippen molar-refractivity contribution >= 4 is 22.6 Å². The molecule has 0 amide bonds. The highest BCUT2D eigenvalue weighted by Crippen LogP contribution is 2.61. The van der Waals surface area contributed by atoms with Crippen LogP contribution in [0.3, 0.4) is 0 Å². The van der Waals surface area contributed by atoms with Crippen molar-refractivity contribution in [3.05, 3.63) is 136 Å². The van der Waals surface area contributed by atoms with E-state index in [-0.39, 0.29) is 5.41 Å². The highest BCUT2D eigenvalue weighted by Gasteiger charge is 2.52. The Morgan fingerprint density at radius 3 is 2.79 bits per heavy atom. The van der Waals surface area contributed by atoms with E-state index in [1.807, 2.05) is 6.07 Å². The summed E-state index contributed by atoms with van der Waals surface area (Å²) in [5.41, 5.74) is 14.1. The van der Waals surface area contributed by atoms with E-state index >= 15 is 0 Å². The molecule has 1 heteroatoms. The van der Waals surface area contributed by atoms with Gasteiger partial charge in [-0.2, -0.15) is 0 Å². The van der Waals surface area contributed by atoms with Crippen LogP contribution in [0.25, 0.3) is 28.2 Å². The molecule has 3 aromatic carbocycles. The fourth-order valence-electron chi connectivity index (χ4n) is 6.91. The van der Waals surface area contributed by atoms with Crippen molar-refractivity contribution in [2.24, 2.45) is 0 Å². The highest BCUT2D eigenvalue weighted by molar-refractivity contribution is 6.03. The molecule has 0 fully saturated rings. The minimum atomic E-state index is -0.368. The fourth-order valence-corrected chi connectivity index (χ4v) is 6.91. The smallest absolute Gasteiger partial charge is 0.0761 e. The molecule has 0 radical (unpaired) electrons. The molecule has 0 saturated carbocycles. The van der Waals surface area contributed by atoms with Gasteiger partial charge < -0.3 is 4.57 Å². The first-order chi connectivity index (χ1) is 16.3. The highest BCUT2D eigenvalue weighted by atomic mass is 15.0. The normalized spacial score (nSPS) is 21.2. The van der Waals surface area contributed by atoms with E-state index in [0.29, 0.717) is 0 Å². The van der Waals surface area contributed by atoms with Crippen LogP contribution in [-0.4, -0.2) is 4.57 Å². The Hall–Kier alpha value is -4.02. The van der Waals surface area contributed by atoms with Crippen LogP contribution in [0, 0.1) is 12.1 Å². The molecule has 1 nitrogen and oxygen atoms in total. The number of benzene rings is 2. The van der Waals surface area contributed by atoms with Gasteiger partial charge in [-0.15, -0.1) is 0 Å². The van der Waals surface area contributed by atoms with Gasteiger partial charge in [-0.1, -0.05) is 79.4 Å². The maximum Gasteiger partial charge on any atom is 0.0761 e. The summed E-state index contributed by atoms with van der Waals surface area (Å²) in [4.78, 5) is 0. The van der Waals surface area contributed by atoms with Gasteiger partial charge in [0.15, 0.2) is 0 Å². The number of hydrogen-bond donors (Lipinski definition) is 0. The second-order valence-electron chi connectivity index (χ2n) is 9.50. The Morgan fingerprint density at radius 2 is 1.82 bits per heavy atom. The third-order valence-electron chi connectivity index (χ3n) is 8.05. The molecule has 33 heavy (non-hydrogen) atoms. The molecule has 0 N–H and O–H groups in total. The molecule has 4 aromatic rings. The van der Waals surface area contributed by atoms with Crippen molar-refractivity contribution in [2.75, 3.05) is 0 Å². The zero-order valence-electron chi connectivity index (χ0n) is 18.3. The van der Waals surface area contributed by atoms with Crippen molar-refractivity contribution in [3.8, 4) is 5.69 Å². The summed E-state index contributed by atoms with van der Waals surface area (Å²) in [5.74, 6) is 0. The Balaban J connectivity index is 1.65. The average Bonchev–Trinajstić information content (AvgIpc) is 3.36. The largest absolute Gasteiger partial charge is 0.312 e. The predicted molar refractivity (Wildman–Crippen MR) is 134 cm³/mol. The minimum Gasteiger partial charge on any atom is -0.312 e. The third kappa shape index (κ3) is 1.85. The third-order valence-corrected chi connectivity index (χ3v) is 8.05. The molecule has 8 rings (SSSR count). The summed E-state index contributed by atoms with van der Waals surface area (Å²) in [6.07, 6.45) is 12.3. The predicted octanol–water partition coefficient (Wildman–Crippen LogP) is 7.12. The standard InChI is InChI=1S/C32H21N/c1-20-10-8-16-26-30(20)23-12-2-4-14-24(23)32(26)25-15-5-7-19-29(25)33-28-18-6-3-11-21(28)22-13-9-17-27(32)31(22)33/h3-5,7-9,11,13-17,19H,1,6,10,18H2. The summed E-state index contributed by atoms with van der Waals surface area (Å²) < 4.78 is 2.56. The van der Waals surface area contributed by atoms with Gasteiger partial charge in [0.1, 0.15) is 0 Å². The number of allylic oxidation sites excluding steroid dienone is 6. The van der Waals surface area contributed by atoms with Crippen LogP contribution in [-0.2, 0) is 11.8 Å². The van der Waals surface area contributed by atoms with Gasteiger partial charge in [0.25, 0.3) is 0 Å². The molecular formula is C32H21N. The summed E-state index contributed by atoms with van der Waals surface area (Å²) in [7, 11) is 0. The number of hydrogen-bond acceptors (Lipinski definition) is 0. The summed E-state index contributed by atoms with van der Waals surface area (Å²) >= 11 is 0. The molecule has 0 bridgehead atoms. The molecule has 2 heterocycles. The zero-order valence-corrected chi connectivity index (χ0v) is 18.3. The van der Waals surface area contributed by atoms with Crippen LogP contribution in [0.1, 0.15) is 46.4 Å². The first-order valence-electron chi connectivity index (χ1n) is 11.8. The van der Waals surface area contributed by atoms with E-state index in [1.54, 1.807) is 0 Å². The van der Waals surface area contributed by atoms with Crippen molar-refractivity contribution in [3.63, 3.8) is 0 Å². The SMILES string of the molecule is C=C1CC=CC2=C1c1c#cccc1C21c2ccccc2-n2c3c(c4cccc1c42)C=CCC3. The molecule has 1 aromatic heterocycles. The zero-order chi connectivity index (χ0) is 21.7. The van der Waals surface area contributed by atoms with Gasteiger partial charge in [-0.25, -0.2) is 0 Å². The Morgan fingerprint density at radius 1 is 0.909 bits per heavy atom. The van der Waals surface area contributed by atoms with Crippen LogP contribution in [0.15, 0.2) is 90.6 Å². The van der Waals surface area contributed by atoms with Gasteiger partial charge in [-0.3, -0.25) is 0 Å². The molecule has 1 atom stereocenters. The van der Waals surface area contributed by atoms with E-state index in [2.05, 4.69) is 96.1 Å². The molecule has 1 spiro atoms. The molecule has 1 unspecified atom stereocenters. The summed E-state index contributed by atoms with van der Waals surface area (Å²) in [6, 6.07) is 26.9. The number of aromatic nitrogens is 1. The van der Waals surface area contributed by atoms with E-state index in [9.17, 15) is 0 Å². The number of para-hydroxylation sites is 2. The average molecular weight is 420 g/mol. The maximum absolute atomic E-state index is 4.48. The molecule has 3 aliphatic carbocycles. The second kappa shape index (κ2) is 5.85. The van der Waals surface area contributed by atoms with Crippen molar-refractivity contribution in [1.29, 1.82) is 0 Å². The summed E-state index contributed by atoms with van der Waals surface area (Å²) in [6.45, 7) is 4.48. The first kappa shape index (κ1) is 17.5. The lowest BCUT2D eigenvalue weighted by molar-refractivity contribution is 0.728. The van der Waals surface area contributed by atoms with Crippen LogP contribution in [0.4, 0.5) is 0 Å². The quantitative estimate of drug-likeness (QED) is 0.286. The minimum absolute atomic E-state index is 0.368.